The second-order valence-corrected chi connectivity index (χ2v) is 3.63. The maximum Gasteiger partial charge on any atom is 0.410 e. The van der Waals surface area contributed by atoms with Crippen molar-refractivity contribution in [2.75, 3.05) is 20.2 Å². The zero-order chi connectivity index (χ0) is 10.7. The van der Waals surface area contributed by atoms with Gasteiger partial charge in [-0.3, -0.25) is 0 Å². The van der Waals surface area contributed by atoms with Crippen LogP contribution in [0.25, 0.3) is 0 Å². The van der Waals surface area contributed by atoms with Crippen molar-refractivity contribution in [2.24, 2.45) is 0 Å². The largest absolute Gasteiger partial charge is 0.447 e. The average molecular weight is 205 g/mol. The van der Waals surface area contributed by atoms with Crippen LogP contribution in [0.4, 0.5) is 9.18 Å². The Hall–Kier alpha value is -0.840. The number of methoxy groups -OCH3 is 1. The molecule has 0 bridgehead atoms. The van der Waals surface area contributed by atoms with Crippen LogP contribution in [0.5, 0.6) is 0 Å². The highest BCUT2D eigenvalue weighted by atomic mass is 19.1. The van der Waals surface area contributed by atoms with Gasteiger partial charge >= 0.3 is 6.09 Å². The van der Waals surface area contributed by atoms with Crippen molar-refractivity contribution in [1.82, 2.24) is 4.90 Å². The van der Waals surface area contributed by atoms with Crippen molar-refractivity contribution in [1.29, 1.82) is 0 Å². The number of amides is 1. The number of nitrogens with zero attached hydrogens (tertiary/aromatic N) is 1. The Labute approximate surface area is 83.0 Å². The maximum atomic E-state index is 13.2. The molecular weight excluding hydrogens is 189 g/mol. The Bertz CT molecular complexity index is 210. The lowest BCUT2D eigenvalue weighted by molar-refractivity contribution is 0.0578. The van der Waals surface area contributed by atoms with Gasteiger partial charge in [0.15, 0.2) is 0 Å². The zero-order valence-corrected chi connectivity index (χ0v) is 8.70. The third kappa shape index (κ3) is 2.57. The summed E-state index contributed by atoms with van der Waals surface area (Å²) in [6.07, 6.45) is -2.28. The monoisotopic (exact) mass is 205 g/mol. The van der Waals surface area contributed by atoms with E-state index in [2.05, 4.69) is 0 Å². The van der Waals surface area contributed by atoms with E-state index in [1.807, 2.05) is 0 Å². The summed E-state index contributed by atoms with van der Waals surface area (Å²) in [5.74, 6) is 0. The molecule has 1 aliphatic heterocycles. The fourth-order valence-electron chi connectivity index (χ4n) is 1.38. The number of ether oxygens (including phenoxy) is 2. The minimum absolute atomic E-state index is 0.0596. The Balaban J connectivity index is 2.44. The van der Waals surface area contributed by atoms with E-state index >= 15 is 0 Å². The summed E-state index contributed by atoms with van der Waals surface area (Å²) in [6, 6.07) is 0. The van der Waals surface area contributed by atoms with Crippen LogP contribution in [0, 0.1) is 0 Å². The van der Waals surface area contributed by atoms with Crippen LogP contribution in [0.2, 0.25) is 0 Å². The normalized spacial score (nSPS) is 27.1. The molecule has 0 N–H and O–H groups in total. The molecule has 2 unspecified atom stereocenters. The molecule has 0 spiro atoms. The fraction of sp³-hybridized carbons (Fsp3) is 0.889. The van der Waals surface area contributed by atoms with E-state index in [1.54, 1.807) is 13.8 Å². The minimum atomic E-state index is -1.11. The number of carbonyl (C=O) groups is 1. The first-order valence-electron chi connectivity index (χ1n) is 4.67. The predicted octanol–water partition coefficient (Wildman–Crippen LogP) is 1.20. The van der Waals surface area contributed by atoms with Crippen LogP contribution in [0.3, 0.4) is 0 Å². The van der Waals surface area contributed by atoms with Crippen molar-refractivity contribution >= 4 is 6.09 Å². The van der Waals surface area contributed by atoms with Gasteiger partial charge in [-0.05, 0) is 13.8 Å². The SMILES string of the molecule is COC1CN(C(=O)OC(C)C)CC1F. The lowest BCUT2D eigenvalue weighted by Gasteiger charge is -2.17. The van der Waals surface area contributed by atoms with Crippen LogP contribution >= 0.6 is 0 Å². The number of alkyl halides is 1. The highest BCUT2D eigenvalue weighted by molar-refractivity contribution is 5.68. The van der Waals surface area contributed by atoms with E-state index in [9.17, 15) is 9.18 Å². The molecule has 1 aliphatic rings. The molecule has 0 aromatic rings. The molecule has 1 heterocycles. The second kappa shape index (κ2) is 4.59. The molecule has 14 heavy (non-hydrogen) atoms. The van der Waals surface area contributed by atoms with Gasteiger partial charge in [0.1, 0.15) is 12.3 Å². The highest BCUT2D eigenvalue weighted by Crippen LogP contribution is 2.17. The van der Waals surface area contributed by atoms with Crippen LogP contribution in [0.1, 0.15) is 13.8 Å². The summed E-state index contributed by atoms with van der Waals surface area (Å²) in [5.41, 5.74) is 0. The van der Waals surface area contributed by atoms with Crippen LogP contribution in [0.15, 0.2) is 0 Å². The standard InChI is InChI=1S/C9H16FNO3/c1-6(2)14-9(12)11-4-7(10)8(5-11)13-3/h6-8H,4-5H2,1-3H3. The van der Waals surface area contributed by atoms with E-state index in [0.29, 0.717) is 0 Å². The molecule has 0 saturated carbocycles. The molecule has 1 fully saturated rings. The predicted molar refractivity (Wildman–Crippen MR) is 48.9 cm³/mol. The molecule has 1 rings (SSSR count). The summed E-state index contributed by atoms with van der Waals surface area (Å²) < 4.78 is 23.0. The fourth-order valence-corrected chi connectivity index (χ4v) is 1.38. The van der Waals surface area contributed by atoms with E-state index < -0.39 is 18.4 Å². The van der Waals surface area contributed by atoms with Crippen molar-refractivity contribution in [3.05, 3.63) is 0 Å². The van der Waals surface area contributed by atoms with Gasteiger partial charge in [0.25, 0.3) is 0 Å². The van der Waals surface area contributed by atoms with Gasteiger partial charge in [0.2, 0.25) is 0 Å². The number of hydrogen-bond donors (Lipinski definition) is 0. The Morgan fingerprint density at radius 1 is 1.50 bits per heavy atom. The van der Waals surface area contributed by atoms with Crippen molar-refractivity contribution in [2.45, 2.75) is 32.2 Å². The summed E-state index contributed by atoms with van der Waals surface area (Å²) in [6.45, 7) is 3.84. The Kier molecular flexibility index (Phi) is 3.69. The quantitative estimate of drug-likeness (QED) is 0.680. The van der Waals surface area contributed by atoms with E-state index in [-0.39, 0.29) is 19.2 Å². The number of likely N-dealkylation sites (tertiary alicyclic amines) is 1. The minimum Gasteiger partial charge on any atom is -0.447 e. The summed E-state index contributed by atoms with van der Waals surface area (Å²) >= 11 is 0. The smallest absolute Gasteiger partial charge is 0.410 e. The summed E-state index contributed by atoms with van der Waals surface area (Å²) in [4.78, 5) is 12.7. The van der Waals surface area contributed by atoms with Crippen molar-refractivity contribution in [3.8, 4) is 0 Å². The van der Waals surface area contributed by atoms with Crippen molar-refractivity contribution in [3.63, 3.8) is 0 Å². The first-order chi connectivity index (χ1) is 6.54. The molecule has 1 amide bonds. The molecule has 1 saturated heterocycles. The average Bonchev–Trinajstić information content (AvgIpc) is 2.45. The number of carbonyl (C=O) groups excluding carboxylic acids is 1. The third-order valence-electron chi connectivity index (χ3n) is 2.10. The molecule has 2 atom stereocenters. The van der Waals surface area contributed by atoms with E-state index in [1.165, 1.54) is 12.0 Å². The van der Waals surface area contributed by atoms with Gasteiger partial charge in [-0.15, -0.1) is 0 Å². The van der Waals surface area contributed by atoms with Crippen molar-refractivity contribution < 1.29 is 18.7 Å². The van der Waals surface area contributed by atoms with Crippen LogP contribution in [-0.2, 0) is 9.47 Å². The van der Waals surface area contributed by atoms with Gasteiger partial charge in [-0.25, -0.2) is 9.18 Å². The van der Waals surface area contributed by atoms with Crippen LogP contribution < -0.4 is 0 Å². The van der Waals surface area contributed by atoms with Gasteiger partial charge in [0, 0.05) is 7.11 Å². The molecule has 5 heteroatoms. The highest BCUT2D eigenvalue weighted by Gasteiger charge is 2.36. The third-order valence-corrected chi connectivity index (χ3v) is 2.10. The molecule has 0 aromatic heterocycles. The molecule has 0 aromatic carbocycles. The number of hydrogen-bond acceptors (Lipinski definition) is 3. The Morgan fingerprint density at radius 3 is 2.57 bits per heavy atom. The van der Waals surface area contributed by atoms with Gasteiger partial charge in [0.05, 0.1) is 19.2 Å². The zero-order valence-electron chi connectivity index (χ0n) is 8.70. The molecule has 0 aliphatic carbocycles. The van der Waals surface area contributed by atoms with Gasteiger partial charge in [-0.2, -0.15) is 0 Å². The lowest BCUT2D eigenvalue weighted by Crippen LogP contribution is -2.32. The second-order valence-electron chi connectivity index (χ2n) is 3.63. The maximum absolute atomic E-state index is 13.2. The summed E-state index contributed by atoms with van der Waals surface area (Å²) in [7, 11) is 1.44. The lowest BCUT2D eigenvalue weighted by atomic mass is 10.3. The number of rotatable bonds is 2. The van der Waals surface area contributed by atoms with E-state index in [0.717, 1.165) is 0 Å². The van der Waals surface area contributed by atoms with Crippen LogP contribution in [-0.4, -0.2) is 49.6 Å². The summed E-state index contributed by atoms with van der Waals surface area (Å²) in [5, 5.41) is 0. The topological polar surface area (TPSA) is 38.8 Å². The first kappa shape index (κ1) is 11.2. The van der Waals surface area contributed by atoms with Gasteiger partial charge < -0.3 is 14.4 Å². The van der Waals surface area contributed by atoms with Gasteiger partial charge in [-0.1, -0.05) is 0 Å². The molecular formula is C9H16FNO3. The molecule has 82 valence electrons. The molecule has 4 nitrogen and oxygen atoms in total. The molecule has 0 radical (unpaired) electrons. The first-order valence-corrected chi connectivity index (χ1v) is 4.67. The Morgan fingerprint density at radius 2 is 2.14 bits per heavy atom. The number of halogens is 1. The van der Waals surface area contributed by atoms with E-state index in [4.69, 9.17) is 9.47 Å².